The molecule has 6 nitrogen and oxygen atoms in total. The number of para-hydroxylation sites is 3. The van der Waals surface area contributed by atoms with E-state index >= 15 is 0 Å². The number of amides is 1. The van der Waals surface area contributed by atoms with Crippen LogP contribution in [0.2, 0.25) is 0 Å². The number of aromatic nitrogens is 2. The van der Waals surface area contributed by atoms with Crippen molar-refractivity contribution >= 4 is 16.8 Å². The van der Waals surface area contributed by atoms with E-state index < -0.39 is 0 Å². The second-order valence-corrected chi connectivity index (χ2v) is 11.2. The number of carbonyl (C=O) groups is 1. The van der Waals surface area contributed by atoms with Gasteiger partial charge in [-0.2, -0.15) is 0 Å². The van der Waals surface area contributed by atoms with Crippen LogP contribution >= 0.6 is 0 Å². The van der Waals surface area contributed by atoms with Crippen LogP contribution in [0.15, 0.2) is 53.3 Å². The molecule has 41 heavy (non-hydrogen) atoms. The minimum atomic E-state index is -0.370. The zero-order valence-corrected chi connectivity index (χ0v) is 25.9. The maximum Gasteiger partial charge on any atom is 0.266 e. The molecule has 0 aliphatic carbocycles. The highest BCUT2D eigenvalue weighted by molar-refractivity contribution is 5.79. The van der Waals surface area contributed by atoms with Gasteiger partial charge < -0.3 is 9.64 Å². The Bertz CT molecular complexity index is 1270. The van der Waals surface area contributed by atoms with Crippen molar-refractivity contribution in [2.24, 2.45) is 0 Å². The molecule has 1 heterocycles. The molecule has 0 aliphatic heterocycles. The lowest BCUT2D eigenvalue weighted by Crippen LogP contribution is -2.38. The molecule has 3 rings (SSSR count). The molecule has 0 radical (unpaired) electrons. The van der Waals surface area contributed by atoms with E-state index in [0.29, 0.717) is 41.1 Å². The van der Waals surface area contributed by atoms with E-state index in [1.807, 2.05) is 60.4 Å². The lowest BCUT2D eigenvalue weighted by atomic mass is 10.1. The third-order valence-corrected chi connectivity index (χ3v) is 8.04. The highest BCUT2D eigenvalue weighted by Gasteiger charge is 2.27. The minimum absolute atomic E-state index is 0.144. The Hall–Kier alpha value is -3.15. The van der Waals surface area contributed by atoms with Crippen LogP contribution in [-0.4, -0.2) is 34.0 Å². The van der Waals surface area contributed by atoms with Gasteiger partial charge in [0.25, 0.3) is 5.56 Å². The number of nitrogens with zero attached hydrogens (tertiary/aromatic N) is 3. The Morgan fingerprint density at radius 3 is 2.10 bits per heavy atom. The van der Waals surface area contributed by atoms with Crippen LogP contribution in [0.3, 0.4) is 0 Å². The first kappa shape index (κ1) is 32.4. The van der Waals surface area contributed by atoms with E-state index in [1.165, 1.54) is 44.9 Å². The largest absolute Gasteiger partial charge is 0.495 e. The lowest BCUT2D eigenvalue weighted by molar-refractivity contribution is -0.133. The number of rotatable bonds is 19. The van der Waals surface area contributed by atoms with Gasteiger partial charge >= 0.3 is 0 Å². The molecule has 2 aromatic carbocycles. The normalized spacial score (nSPS) is 12.0. The fourth-order valence-electron chi connectivity index (χ4n) is 5.59. The van der Waals surface area contributed by atoms with Gasteiger partial charge in [-0.25, -0.2) is 4.98 Å². The van der Waals surface area contributed by atoms with Crippen molar-refractivity contribution in [3.05, 3.63) is 64.7 Å². The zero-order chi connectivity index (χ0) is 29.5. The molecule has 0 bridgehead atoms. The van der Waals surface area contributed by atoms with Crippen LogP contribution in [0.1, 0.15) is 123 Å². The topological polar surface area (TPSA) is 64.4 Å². The van der Waals surface area contributed by atoms with Crippen molar-refractivity contribution in [3.8, 4) is 11.4 Å². The van der Waals surface area contributed by atoms with Gasteiger partial charge in [0.2, 0.25) is 5.91 Å². The monoisotopic (exact) mass is 561 g/mol. The molecule has 1 atom stereocenters. The molecular weight excluding hydrogens is 510 g/mol. The average molecular weight is 562 g/mol. The fraction of sp³-hybridized carbons (Fsp3) is 0.571. The molecule has 0 saturated carbocycles. The Morgan fingerprint density at radius 1 is 0.829 bits per heavy atom. The standard InChI is InChI=1S/C35H51N3O3/c1-5-7-9-11-12-13-14-15-16-26-33(39)37(27-21-10-8-6-2)28(3)34-36-30-23-18-17-22-29(30)35(40)38(34)31-24-19-20-25-32(31)41-4/h17-20,22-25,28H,5-16,21,26-27H2,1-4H3. The van der Waals surface area contributed by atoms with Crippen molar-refractivity contribution in [2.45, 2.75) is 117 Å². The van der Waals surface area contributed by atoms with Crippen molar-refractivity contribution < 1.29 is 9.53 Å². The van der Waals surface area contributed by atoms with Crippen LogP contribution in [0.25, 0.3) is 16.6 Å². The number of hydrogen-bond acceptors (Lipinski definition) is 4. The summed E-state index contributed by atoms with van der Waals surface area (Å²) in [6, 6.07) is 14.6. The number of methoxy groups -OCH3 is 1. The molecule has 3 aromatic rings. The summed E-state index contributed by atoms with van der Waals surface area (Å²) in [7, 11) is 1.61. The van der Waals surface area contributed by atoms with E-state index in [4.69, 9.17) is 9.72 Å². The second kappa shape index (κ2) is 17.6. The number of benzene rings is 2. The summed E-state index contributed by atoms with van der Waals surface area (Å²) >= 11 is 0. The van der Waals surface area contributed by atoms with Crippen LogP contribution in [0, 0.1) is 0 Å². The lowest BCUT2D eigenvalue weighted by Gasteiger charge is -2.31. The maximum absolute atomic E-state index is 13.9. The molecule has 0 spiro atoms. The van der Waals surface area contributed by atoms with E-state index in [0.717, 1.165) is 38.5 Å². The predicted molar refractivity (Wildman–Crippen MR) is 170 cm³/mol. The molecule has 224 valence electrons. The maximum atomic E-state index is 13.9. The molecule has 1 amide bonds. The molecular formula is C35H51N3O3. The molecule has 0 aliphatic rings. The highest BCUT2D eigenvalue weighted by atomic mass is 16.5. The van der Waals surface area contributed by atoms with Crippen molar-refractivity contribution in [1.29, 1.82) is 0 Å². The summed E-state index contributed by atoms with van der Waals surface area (Å²) in [5.74, 6) is 1.30. The first-order valence-corrected chi connectivity index (χ1v) is 16.0. The fourth-order valence-corrected chi connectivity index (χ4v) is 5.59. The number of carbonyl (C=O) groups excluding carboxylic acids is 1. The Labute approximate surface area is 247 Å². The number of hydrogen-bond donors (Lipinski definition) is 0. The first-order chi connectivity index (χ1) is 20.0. The Morgan fingerprint density at radius 2 is 1.41 bits per heavy atom. The van der Waals surface area contributed by atoms with E-state index in [1.54, 1.807) is 11.7 Å². The van der Waals surface area contributed by atoms with Gasteiger partial charge in [-0.3, -0.25) is 14.2 Å². The van der Waals surface area contributed by atoms with Gasteiger partial charge in [-0.15, -0.1) is 0 Å². The van der Waals surface area contributed by atoms with Crippen LogP contribution in [0.4, 0.5) is 0 Å². The minimum Gasteiger partial charge on any atom is -0.495 e. The summed E-state index contributed by atoms with van der Waals surface area (Å²) in [5.41, 5.74) is 1.12. The quantitative estimate of drug-likeness (QED) is 0.137. The predicted octanol–water partition coefficient (Wildman–Crippen LogP) is 8.79. The molecule has 0 N–H and O–H groups in total. The van der Waals surface area contributed by atoms with Crippen LogP contribution in [-0.2, 0) is 4.79 Å². The Kier molecular flexibility index (Phi) is 13.9. The van der Waals surface area contributed by atoms with E-state index in [-0.39, 0.29) is 17.5 Å². The zero-order valence-electron chi connectivity index (χ0n) is 25.9. The van der Waals surface area contributed by atoms with Gasteiger partial charge in [0.05, 0.1) is 29.7 Å². The van der Waals surface area contributed by atoms with Crippen molar-refractivity contribution in [3.63, 3.8) is 0 Å². The molecule has 0 fully saturated rings. The third-order valence-electron chi connectivity index (χ3n) is 8.04. The number of unbranched alkanes of at least 4 members (excludes halogenated alkanes) is 11. The third kappa shape index (κ3) is 9.17. The Balaban J connectivity index is 1.86. The van der Waals surface area contributed by atoms with Gasteiger partial charge in [0.15, 0.2) is 0 Å². The first-order valence-electron chi connectivity index (χ1n) is 16.0. The van der Waals surface area contributed by atoms with Crippen molar-refractivity contribution in [1.82, 2.24) is 14.5 Å². The van der Waals surface area contributed by atoms with Gasteiger partial charge in [-0.05, 0) is 44.0 Å². The van der Waals surface area contributed by atoms with Gasteiger partial charge in [0, 0.05) is 13.0 Å². The van der Waals surface area contributed by atoms with Gasteiger partial charge in [-0.1, -0.05) is 109 Å². The molecule has 6 heteroatoms. The summed E-state index contributed by atoms with van der Waals surface area (Å²) in [5, 5.41) is 0.546. The molecule has 1 unspecified atom stereocenters. The smallest absolute Gasteiger partial charge is 0.266 e. The van der Waals surface area contributed by atoms with E-state index in [2.05, 4.69) is 13.8 Å². The number of fused-ring (bicyclic) bond motifs is 1. The van der Waals surface area contributed by atoms with Crippen molar-refractivity contribution in [2.75, 3.05) is 13.7 Å². The van der Waals surface area contributed by atoms with Crippen LogP contribution in [0.5, 0.6) is 5.75 Å². The van der Waals surface area contributed by atoms with Gasteiger partial charge in [0.1, 0.15) is 11.6 Å². The number of ether oxygens (including phenoxy) is 1. The van der Waals surface area contributed by atoms with Crippen LogP contribution < -0.4 is 10.3 Å². The summed E-state index contributed by atoms with van der Waals surface area (Å²) in [6.45, 7) is 7.11. The SMILES string of the molecule is CCCCCCCCCCCC(=O)N(CCCCCC)C(C)c1nc2ccccc2c(=O)n1-c1ccccc1OC. The summed E-state index contributed by atoms with van der Waals surface area (Å²) < 4.78 is 7.30. The molecule has 1 aromatic heterocycles. The van der Waals surface area contributed by atoms with E-state index in [9.17, 15) is 9.59 Å². The highest BCUT2D eigenvalue weighted by Crippen LogP contribution is 2.28. The second-order valence-electron chi connectivity index (χ2n) is 11.2. The summed E-state index contributed by atoms with van der Waals surface area (Å²) in [6.07, 6.45) is 15.8. The average Bonchev–Trinajstić information content (AvgIpc) is 3.00. The molecule has 0 saturated heterocycles. The summed E-state index contributed by atoms with van der Waals surface area (Å²) in [4.78, 5) is 34.6.